The number of aliphatic carboxylic acids is 1. The van der Waals surface area contributed by atoms with Crippen molar-refractivity contribution < 1.29 is 28.3 Å². The lowest BCUT2D eigenvalue weighted by Gasteiger charge is -2.36. The molecule has 270 valence electrons. The van der Waals surface area contributed by atoms with Gasteiger partial charge in [0, 0.05) is 24.8 Å². The zero-order valence-electron chi connectivity index (χ0n) is 30.2. The predicted molar refractivity (Wildman–Crippen MR) is 190 cm³/mol. The minimum atomic E-state index is -1.29. The summed E-state index contributed by atoms with van der Waals surface area (Å²) >= 11 is 0. The molecule has 0 radical (unpaired) electrons. The molecule has 0 spiro atoms. The largest absolute Gasteiger partial charge is 0.481 e. The summed E-state index contributed by atoms with van der Waals surface area (Å²) in [7, 11) is 0. The Balaban J connectivity index is 1.57. The summed E-state index contributed by atoms with van der Waals surface area (Å²) in [5.74, 6) is -3.87. The van der Waals surface area contributed by atoms with Gasteiger partial charge in [0.15, 0.2) is 0 Å². The number of hydrogen-bond acceptors (Lipinski definition) is 5. The summed E-state index contributed by atoms with van der Waals surface area (Å²) in [6, 6.07) is 6.43. The number of rotatable bonds is 13. The van der Waals surface area contributed by atoms with Gasteiger partial charge in [-0.15, -0.1) is 0 Å². The number of halogens is 2. The van der Waals surface area contributed by atoms with Gasteiger partial charge >= 0.3 is 5.97 Å². The van der Waals surface area contributed by atoms with E-state index in [4.69, 9.17) is 0 Å². The SMILES string of the molecule is Cc1cc(-c2c(C)cc(F)cc2C)cc([C@H](CC(=O)O)NC(=O)C(CC(C)C)NC(=O)c2cccn(CCN3CCC(C)(C)CC3)c2=O)c1F. The topological polar surface area (TPSA) is 121 Å². The van der Waals surface area contributed by atoms with E-state index in [1.807, 2.05) is 13.8 Å². The molecule has 0 aliphatic carbocycles. The Morgan fingerprint density at radius 3 is 2.18 bits per heavy atom. The van der Waals surface area contributed by atoms with E-state index < -0.39 is 53.5 Å². The normalized spacial score (nSPS) is 15.8. The first-order chi connectivity index (χ1) is 23.5. The number of nitrogens with zero attached hydrogens (tertiary/aromatic N) is 2. The van der Waals surface area contributed by atoms with Crippen molar-refractivity contribution in [3.05, 3.63) is 92.4 Å². The number of nitrogens with one attached hydrogen (secondary N) is 2. The fourth-order valence-corrected chi connectivity index (χ4v) is 6.70. The van der Waals surface area contributed by atoms with Gasteiger partial charge in [0.05, 0.1) is 12.5 Å². The fourth-order valence-electron chi connectivity index (χ4n) is 6.70. The Morgan fingerprint density at radius 2 is 1.58 bits per heavy atom. The summed E-state index contributed by atoms with van der Waals surface area (Å²) in [5.41, 5.74) is 2.35. The minimum absolute atomic E-state index is 0.0447. The third kappa shape index (κ3) is 9.65. The third-order valence-corrected chi connectivity index (χ3v) is 9.60. The van der Waals surface area contributed by atoms with Crippen molar-refractivity contribution in [3.63, 3.8) is 0 Å². The first kappa shape index (κ1) is 38.4. The van der Waals surface area contributed by atoms with Crippen molar-refractivity contribution in [3.8, 4) is 11.1 Å². The smallest absolute Gasteiger partial charge is 0.305 e. The number of carbonyl (C=O) groups excluding carboxylic acids is 2. The minimum Gasteiger partial charge on any atom is -0.481 e. The van der Waals surface area contributed by atoms with Gasteiger partial charge in [-0.2, -0.15) is 0 Å². The van der Waals surface area contributed by atoms with E-state index in [1.54, 1.807) is 32.2 Å². The van der Waals surface area contributed by atoms with Crippen LogP contribution in [0, 0.1) is 43.7 Å². The van der Waals surface area contributed by atoms with Crippen LogP contribution < -0.4 is 16.2 Å². The number of pyridine rings is 1. The Morgan fingerprint density at radius 1 is 0.940 bits per heavy atom. The highest BCUT2D eigenvalue weighted by Crippen LogP contribution is 2.34. The lowest BCUT2D eigenvalue weighted by molar-refractivity contribution is -0.137. The number of carboxylic acids is 1. The zero-order chi connectivity index (χ0) is 36.9. The van der Waals surface area contributed by atoms with E-state index in [-0.39, 0.29) is 29.0 Å². The van der Waals surface area contributed by atoms with Crippen LogP contribution >= 0.6 is 0 Å². The summed E-state index contributed by atoms with van der Waals surface area (Å²) in [5, 5.41) is 15.1. The van der Waals surface area contributed by atoms with Crippen molar-refractivity contribution in [1.82, 2.24) is 20.1 Å². The number of amides is 2. The molecule has 50 heavy (non-hydrogen) atoms. The van der Waals surface area contributed by atoms with Gasteiger partial charge < -0.3 is 25.2 Å². The quantitative estimate of drug-likeness (QED) is 0.193. The second-order valence-electron chi connectivity index (χ2n) is 14.9. The lowest BCUT2D eigenvalue weighted by Crippen LogP contribution is -2.49. The van der Waals surface area contributed by atoms with Crippen molar-refractivity contribution in [1.29, 1.82) is 0 Å². The number of carbonyl (C=O) groups is 3. The number of hydrogen-bond donors (Lipinski definition) is 3. The van der Waals surface area contributed by atoms with Gasteiger partial charge in [-0.05, 0) is 129 Å². The molecule has 2 atom stereocenters. The predicted octanol–water partition coefficient (Wildman–Crippen LogP) is 6.32. The zero-order valence-corrected chi connectivity index (χ0v) is 30.2. The maximum absolute atomic E-state index is 15.7. The standard InChI is InChI=1S/C39H50F2N4O5/c1-23(2)17-32(43-36(48)29-9-8-12-45(38(29)50)16-15-44-13-10-39(6,7)11-14-44)37(49)42-31(22-33(46)47)30-21-27(18-26(5)35(30)41)34-24(3)19-28(40)20-25(34)4/h8-9,12,18-21,23,31-32H,10-11,13-17,22H2,1-7H3,(H,42,49)(H,43,48)(H,46,47)/t31-,32?/m0/s1. The molecule has 11 heteroatoms. The van der Waals surface area contributed by atoms with E-state index in [0.717, 1.165) is 25.9 Å². The van der Waals surface area contributed by atoms with E-state index in [9.17, 15) is 28.7 Å². The van der Waals surface area contributed by atoms with Gasteiger partial charge in [0.2, 0.25) is 5.91 Å². The Labute approximate surface area is 293 Å². The van der Waals surface area contributed by atoms with E-state index in [1.165, 1.54) is 35.8 Å². The third-order valence-electron chi connectivity index (χ3n) is 9.60. The number of piperidine rings is 1. The molecule has 2 aromatic carbocycles. The van der Waals surface area contributed by atoms with Gasteiger partial charge in [-0.25, -0.2) is 8.78 Å². The molecule has 1 fully saturated rings. The molecule has 1 aliphatic rings. The number of aromatic nitrogens is 1. The average molecular weight is 693 g/mol. The van der Waals surface area contributed by atoms with Gasteiger partial charge in [-0.3, -0.25) is 19.2 Å². The monoisotopic (exact) mass is 692 g/mol. The molecule has 1 aliphatic heterocycles. The number of aryl methyl sites for hydroxylation is 3. The van der Waals surface area contributed by atoms with Crippen molar-refractivity contribution in [2.45, 2.75) is 92.8 Å². The van der Waals surface area contributed by atoms with Crippen molar-refractivity contribution in [2.75, 3.05) is 19.6 Å². The molecule has 0 saturated carbocycles. The van der Waals surface area contributed by atoms with Crippen LogP contribution in [0.1, 0.15) is 92.0 Å². The molecule has 1 aromatic heterocycles. The number of likely N-dealkylation sites (tertiary alicyclic amines) is 1. The van der Waals surface area contributed by atoms with Crippen LogP contribution in [0.3, 0.4) is 0 Å². The number of benzene rings is 2. The first-order valence-electron chi connectivity index (χ1n) is 17.3. The Kier molecular flexibility index (Phi) is 12.4. The van der Waals surface area contributed by atoms with Gasteiger partial charge in [0.1, 0.15) is 23.2 Å². The molecule has 3 N–H and O–H groups in total. The molecule has 9 nitrogen and oxygen atoms in total. The molecular weight excluding hydrogens is 642 g/mol. The van der Waals surface area contributed by atoms with Crippen LogP contribution in [0.15, 0.2) is 47.4 Å². The molecule has 1 saturated heterocycles. The summed E-state index contributed by atoms with van der Waals surface area (Å²) < 4.78 is 31.3. The van der Waals surface area contributed by atoms with Crippen molar-refractivity contribution >= 4 is 17.8 Å². The average Bonchev–Trinajstić information content (AvgIpc) is 3.01. The highest BCUT2D eigenvalue weighted by molar-refractivity contribution is 5.97. The lowest BCUT2D eigenvalue weighted by atomic mass is 9.83. The summed E-state index contributed by atoms with van der Waals surface area (Å²) in [4.78, 5) is 55.0. The second kappa shape index (κ2) is 16.1. The molecule has 0 bridgehead atoms. The molecule has 1 unspecified atom stereocenters. The molecule has 2 amide bonds. The second-order valence-corrected chi connectivity index (χ2v) is 14.9. The molecule has 4 rings (SSSR count). The maximum atomic E-state index is 15.7. The van der Waals surface area contributed by atoms with Crippen LogP contribution in [0.5, 0.6) is 0 Å². The van der Waals surface area contributed by atoms with Crippen LogP contribution in [-0.2, 0) is 16.1 Å². The summed E-state index contributed by atoms with van der Waals surface area (Å²) in [6.07, 6.45) is 3.33. The summed E-state index contributed by atoms with van der Waals surface area (Å²) in [6.45, 7) is 16.2. The fraction of sp³-hybridized carbons (Fsp3) is 0.487. The Bertz CT molecular complexity index is 1770. The van der Waals surface area contributed by atoms with Crippen LogP contribution in [-0.4, -0.2) is 58.0 Å². The first-order valence-corrected chi connectivity index (χ1v) is 17.3. The van der Waals surface area contributed by atoms with E-state index in [0.29, 0.717) is 40.8 Å². The van der Waals surface area contributed by atoms with Gasteiger partial charge in [-0.1, -0.05) is 27.7 Å². The molecule has 3 aromatic rings. The highest BCUT2D eigenvalue weighted by atomic mass is 19.1. The Hall–Kier alpha value is -4.38. The van der Waals surface area contributed by atoms with Crippen molar-refractivity contribution in [2.24, 2.45) is 11.3 Å². The van der Waals surface area contributed by atoms with Crippen LogP contribution in [0.4, 0.5) is 8.78 Å². The van der Waals surface area contributed by atoms with Crippen LogP contribution in [0.25, 0.3) is 11.1 Å². The molecule has 2 heterocycles. The molecular formula is C39H50F2N4O5. The van der Waals surface area contributed by atoms with E-state index >= 15 is 4.39 Å². The van der Waals surface area contributed by atoms with Crippen LogP contribution in [0.2, 0.25) is 0 Å². The maximum Gasteiger partial charge on any atom is 0.305 e. The number of carboxylic acid groups (broad SMARTS) is 1. The van der Waals surface area contributed by atoms with Gasteiger partial charge in [0.25, 0.3) is 11.5 Å². The van der Waals surface area contributed by atoms with E-state index in [2.05, 4.69) is 29.4 Å². The highest BCUT2D eigenvalue weighted by Gasteiger charge is 2.30.